The molecule has 7 heteroatoms. The second-order valence-corrected chi connectivity index (χ2v) is 9.70. The molecule has 0 aromatic heterocycles. The SMILES string of the molecule is CCOc1ccc(C)cc1S(=O)(=O)Nc1ccc2c(c1)CCN2C(=O)C1CCCC1. The Hall–Kier alpha value is -2.54. The van der Waals surface area contributed by atoms with Crippen molar-refractivity contribution in [2.75, 3.05) is 22.8 Å². The van der Waals surface area contributed by atoms with Crippen molar-refractivity contribution in [1.82, 2.24) is 0 Å². The summed E-state index contributed by atoms with van der Waals surface area (Å²) < 4.78 is 34.3. The van der Waals surface area contributed by atoms with Gasteiger partial charge >= 0.3 is 0 Å². The number of ether oxygens (including phenoxy) is 1. The molecular formula is C23H28N2O4S. The van der Waals surface area contributed by atoms with E-state index < -0.39 is 10.0 Å². The van der Waals surface area contributed by atoms with Gasteiger partial charge in [0.25, 0.3) is 10.0 Å². The fourth-order valence-corrected chi connectivity index (χ4v) is 5.68. The molecule has 1 aliphatic carbocycles. The van der Waals surface area contributed by atoms with Gasteiger partial charge < -0.3 is 9.64 Å². The molecule has 1 fully saturated rings. The summed E-state index contributed by atoms with van der Waals surface area (Å²) in [5, 5.41) is 0. The minimum absolute atomic E-state index is 0.128. The third-order valence-corrected chi connectivity index (χ3v) is 7.29. The third-order valence-electron chi connectivity index (χ3n) is 5.89. The van der Waals surface area contributed by atoms with E-state index in [1.165, 1.54) is 0 Å². The Morgan fingerprint density at radius 2 is 1.93 bits per heavy atom. The molecule has 6 nitrogen and oxygen atoms in total. The summed E-state index contributed by atoms with van der Waals surface area (Å²) in [6.07, 6.45) is 4.93. The minimum atomic E-state index is -3.80. The number of sulfonamides is 1. The monoisotopic (exact) mass is 428 g/mol. The molecule has 2 aromatic rings. The highest BCUT2D eigenvalue weighted by atomic mass is 32.2. The van der Waals surface area contributed by atoms with Crippen LogP contribution in [0.3, 0.4) is 0 Å². The van der Waals surface area contributed by atoms with Gasteiger partial charge in [-0.2, -0.15) is 0 Å². The first kappa shape index (κ1) is 20.7. The Labute approximate surface area is 178 Å². The van der Waals surface area contributed by atoms with Crippen molar-refractivity contribution in [2.45, 2.75) is 50.8 Å². The standard InChI is InChI=1S/C23H28N2O4S/c1-3-29-21-11-8-16(2)14-22(21)30(27,28)24-19-9-10-20-18(15-19)12-13-25(20)23(26)17-6-4-5-7-17/h8-11,14-15,17,24H,3-7,12-13H2,1-2H3. The molecule has 1 saturated carbocycles. The van der Waals surface area contributed by atoms with Gasteiger partial charge in [-0.3, -0.25) is 9.52 Å². The average molecular weight is 429 g/mol. The molecule has 2 aliphatic rings. The molecule has 1 aliphatic heterocycles. The number of benzene rings is 2. The first-order valence-corrected chi connectivity index (χ1v) is 12.1. The van der Waals surface area contributed by atoms with Gasteiger partial charge in [-0.25, -0.2) is 8.42 Å². The molecule has 30 heavy (non-hydrogen) atoms. The first-order chi connectivity index (χ1) is 14.4. The van der Waals surface area contributed by atoms with Crippen molar-refractivity contribution in [1.29, 1.82) is 0 Å². The van der Waals surface area contributed by atoms with Crippen LogP contribution in [0, 0.1) is 12.8 Å². The third kappa shape index (κ3) is 4.03. The van der Waals surface area contributed by atoms with Crippen molar-refractivity contribution in [3.05, 3.63) is 47.5 Å². The van der Waals surface area contributed by atoms with Crippen LogP contribution in [-0.4, -0.2) is 27.5 Å². The van der Waals surface area contributed by atoms with Crippen molar-refractivity contribution < 1.29 is 17.9 Å². The normalized spacial score (nSPS) is 16.5. The average Bonchev–Trinajstić information content (AvgIpc) is 3.38. The molecule has 0 radical (unpaired) electrons. The summed E-state index contributed by atoms with van der Waals surface area (Å²) in [5.74, 6) is 0.679. The lowest BCUT2D eigenvalue weighted by Gasteiger charge is -2.21. The number of fused-ring (bicyclic) bond motifs is 1. The highest BCUT2D eigenvalue weighted by molar-refractivity contribution is 7.92. The van der Waals surface area contributed by atoms with Gasteiger partial charge in [-0.05, 0) is 74.6 Å². The van der Waals surface area contributed by atoms with Gasteiger partial charge in [0.15, 0.2) is 0 Å². The molecule has 1 amide bonds. The summed E-state index contributed by atoms with van der Waals surface area (Å²) in [4.78, 5) is 14.8. The van der Waals surface area contributed by atoms with Gasteiger partial charge in [-0.1, -0.05) is 18.9 Å². The Morgan fingerprint density at radius 3 is 2.67 bits per heavy atom. The van der Waals surface area contributed by atoms with E-state index in [1.807, 2.05) is 36.9 Å². The zero-order valence-electron chi connectivity index (χ0n) is 17.5. The number of nitrogens with zero attached hydrogens (tertiary/aromatic N) is 1. The number of aryl methyl sites for hydroxylation is 1. The van der Waals surface area contributed by atoms with Crippen molar-refractivity contribution >= 4 is 27.3 Å². The zero-order chi connectivity index (χ0) is 21.3. The van der Waals surface area contributed by atoms with E-state index in [4.69, 9.17) is 4.74 Å². The second-order valence-electron chi connectivity index (χ2n) is 8.05. The molecule has 0 atom stereocenters. The van der Waals surface area contributed by atoms with Gasteiger partial charge in [-0.15, -0.1) is 0 Å². The maximum Gasteiger partial charge on any atom is 0.265 e. The van der Waals surface area contributed by atoms with Gasteiger partial charge in [0, 0.05) is 23.8 Å². The number of nitrogens with one attached hydrogen (secondary N) is 1. The smallest absolute Gasteiger partial charge is 0.265 e. The number of hydrogen-bond donors (Lipinski definition) is 1. The molecule has 4 rings (SSSR count). The lowest BCUT2D eigenvalue weighted by atomic mass is 10.1. The lowest BCUT2D eigenvalue weighted by molar-refractivity contribution is -0.122. The summed E-state index contributed by atoms with van der Waals surface area (Å²) >= 11 is 0. The topological polar surface area (TPSA) is 75.7 Å². The largest absolute Gasteiger partial charge is 0.492 e. The Bertz CT molecular complexity index is 1060. The predicted molar refractivity (Wildman–Crippen MR) is 118 cm³/mol. The van der Waals surface area contributed by atoms with E-state index in [9.17, 15) is 13.2 Å². The molecule has 0 saturated heterocycles. The summed E-state index contributed by atoms with van der Waals surface area (Å²) in [6.45, 7) is 4.71. The van der Waals surface area contributed by atoms with Crippen molar-refractivity contribution in [3.8, 4) is 5.75 Å². The lowest BCUT2D eigenvalue weighted by Crippen LogP contribution is -2.33. The molecule has 1 heterocycles. The number of carbonyl (C=O) groups is 1. The Morgan fingerprint density at radius 1 is 1.17 bits per heavy atom. The van der Waals surface area contributed by atoms with Crippen LogP contribution < -0.4 is 14.4 Å². The molecular weight excluding hydrogens is 400 g/mol. The van der Waals surface area contributed by atoms with E-state index in [1.54, 1.807) is 18.2 Å². The van der Waals surface area contributed by atoms with Gasteiger partial charge in [0.1, 0.15) is 10.6 Å². The molecule has 160 valence electrons. The van der Waals surface area contributed by atoms with Crippen LogP contribution in [0.15, 0.2) is 41.3 Å². The van der Waals surface area contributed by atoms with Crippen molar-refractivity contribution in [2.24, 2.45) is 5.92 Å². The van der Waals surface area contributed by atoms with Crippen LogP contribution in [0.4, 0.5) is 11.4 Å². The van der Waals surface area contributed by atoms with E-state index in [2.05, 4.69) is 4.72 Å². The fourth-order valence-electron chi connectivity index (χ4n) is 4.40. The van der Waals surface area contributed by atoms with Crippen LogP contribution in [0.1, 0.15) is 43.7 Å². The van der Waals surface area contributed by atoms with E-state index in [0.29, 0.717) is 24.6 Å². The van der Waals surface area contributed by atoms with Crippen LogP contribution in [0.2, 0.25) is 0 Å². The van der Waals surface area contributed by atoms with Crippen LogP contribution in [0.25, 0.3) is 0 Å². The molecule has 0 unspecified atom stereocenters. The van der Waals surface area contributed by atoms with E-state index >= 15 is 0 Å². The number of carbonyl (C=O) groups excluding carboxylic acids is 1. The van der Waals surface area contributed by atoms with Gasteiger partial charge in [0.05, 0.1) is 6.61 Å². The predicted octanol–water partition coefficient (Wildman–Crippen LogP) is 4.27. The maximum atomic E-state index is 13.0. The quantitative estimate of drug-likeness (QED) is 0.745. The number of anilines is 2. The maximum absolute atomic E-state index is 13.0. The fraction of sp³-hybridized carbons (Fsp3) is 0.435. The summed E-state index contributed by atoms with van der Waals surface area (Å²) in [6, 6.07) is 10.5. The summed E-state index contributed by atoms with van der Waals surface area (Å²) in [7, 11) is -3.80. The van der Waals surface area contributed by atoms with Crippen LogP contribution >= 0.6 is 0 Å². The Balaban J connectivity index is 1.57. The Kier molecular flexibility index (Phi) is 5.73. The highest BCUT2D eigenvalue weighted by Gasteiger charge is 2.32. The number of amides is 1. The highest BCUT2D eigenvalue weighted by Crippen LogP contribution is 2.35. The zero-order valence-corrected chi connectivity index (χ0v) is 18.3. The summed E-state index contributed by atoms with van der Waals surface area (Å²) in [5.41, 5.74) is 3.23. The van der Waals surface area contributed by atoms with Crippen LogP contribution in [-0.2, 0) is 21.2 Å². The minimum Gasteiger partial charge on any atom is -0.492 e. The molecule has 1 N–H and O–H groups in total. The molecule has 0 spiro atoms. The first-order valence-electron chi connectivity index (χ1n) is 10.6. The van der Waals surface area contributed by atoms with Gasteiger partial charge in [0.2, 0.25) is 5.91 Å². The molecule has 2 aromatic carbocycles. The number of rotatable bonds is 6. The molecule has 0 bridgehead atoms. The van der Waals surface area contributed by atoms with E-state index in [-0.39, 0.29) is 16.7 Å². The van der Waals surface area contributed by atoms with Crippen molar-refractivity contribution in [3.63, 3.8) is 0 Å². The van der Waals surface area contributed by atoms with Crippen LogP contribution in [0.5, 0.6) is 5.75 Å². The van der Waals surface area contributed by atoms with E-state index in [0.717, 1.165) is 48.9 Å². The second kappa shape index (κ2) is 8.30. The number of hydrogen-bond acceptors (Lipinski definition) is 4.